The number of amides is 1. The third kappa shape index (κ3) is 2.22. The molecule has 0 aliphatic carbocycles. The van der Waals surface area contributed by atoms with Gasteiger partial charge in [-0.05, 0) is 30.5 Å². The molecule has 1 aromatic rings. The summed E-state index contributed by atoms with van der Waals surface area (Å²) < 4.78 is 27.0. The lowest BCUT2D eigenvalue weighted by Crippen LogP contribution is -2.35. The van der Waals surface area contributed by atoms with E-state index in [1.165, 1.54) is 11.0 Å². The van der Waals surface area contributed by atoms with Crippen molar-refractivity contribution in [2.24, 2.45) is 11.1 Å². The summed E-state index contributed by atoms with van der Waals surface area (Å²) >= 11 is 0. The zero-order valence-corrected chi connectivity index (χ0v) is 10.2. The van der Waals surface area contributed by atoms with Crippen molar-refractivity contribution in [2.45, 2.75) is 13.3 Å². The van der Waals surface area contributed by atoms with Crippen LogP contribution in [0.3, 0.4) is 0 Å². The van der Waals surface area contributed by atoms with Crippen molar-refractivity contribution < 1.29 is 13.6 Å². The molecule has 1 saturated heterocycles. The van der Waals surface area contributed by atoms with Crippen molar-refractivity contribution in [3.05, 3.63) is 35.4 Å². The Hall–Kier alpha value is -1.49. The smallest absolute Gasteiger partial charge is 0.259 e. The Morgan fingerprint density at radius 3 is 2.56 bits per heavy atom. The first-order chi connectivity index (χ1) is 8.47. The standard InChI is InChI=1S/C13H16F2N2O/c1-13(7-16)5-6-17(8-13)12(18)11-9(14)3-2-4-10(11)15/h2-4H,5-8,16H2,1H3. The number of hydrogen-bond donors (Lipinski definition) is 1. The lowest BCUT2D eigenvalue weighted by Gasteiger charge is -2.22. The fraction of sp³-hybridized carbons (Fsp3) is 0.462. The van der Waals surface area contributed by atoms with Gasteiger partial charge in [-0.3, -0.25) is 4.79 Å². The summed E-state index contributed by atoms with van der Waals surface area (Å²) in [6, 6.07) is 3.43. The normalized spacial score (nSPS) is 23.4. The number of carbonyl (C=O) groups excluding carboxylic acids is 1. The summed E-state index contributed by atoms with van der Waals surface area (Å²) in [5.74, 6) is -2.23. The molecule has 1 atom stereocenters. The minimum absolute atomic E-state index is 0.155. The summed E-state index contributed by atoms with van der Waals surface area (Å²) in [5.41, 5.74) is 5.01. The molecule has 3 nitrogen and oxygen atoms in total. The maximum Gasteiger partial charge on any atom is 0.259 e. The van der Waals surface area contributed by atoms with E-state index in [1.54, 1.807) is 0 Å². The molecule has 0 radical (unpaired) electrons. The first-order valence-corrected chi connectivity index (χ1v) is 5.90. The zero-order chi connectivity index (χ0) is 13.3. The van der Waals surface area contributed by atoms with E-state index in [1.807, 2.05) is 6.92 Å². The van der Waals surface area contributed by atoms with Crippen molar-refractivity contribution in [1.29, 1.82) is 0 Å². The molecule has 1 aliphatic heterocycles. The van der Waals surface area contributed by atoms with Gasteiger partial charge in [0, 0.05) is 13.1 Å². The van der Waals surface area contributed by atoms with Crippen LogP contribution in [0.4, 0.5) is 8.78 Å². The Morgan fingerprint density at radius 1 is 1.44 bits per heavy atom. The summed E-state index contributed by atoms with van der Waals surface area (Å²) in [5, 5.41) is 0. The van der Waals surface area contributed by atoms with Gasteiger partial charge in [0.2, 0.25) is 0 Å². The number of carbonyl (C=O) groups is 1. The Balaban J connectivity index is 2.23. The zero-order valence-electron chi connectivity index (χ0n) is 10.2. The van der Waals surface area contributed by atoms with Crippen LogP contribution in [0.2, 0.25) is 0 Å². The first-order valence-electron chi connectivity index (χ1n) is 5.90. The number of rotatable bonds is 2. The highest BCUT2D eigenvalue weighted by molar-refractivity contribution is 5.95. The second-order valence-electron chi connectivity index (χ2n) is 5.09. The second-order valence-corrected chi connectivity index (χ2v) is 5.09. The highest BCUT2D eigenvalue weighted by Gasteiger charge is 2.36. The molecular weight excluding hydrogens is 238 g/mol. The van der Waals surface area contributed by atoms with Crippen LogP contribution in [0, 0.1) is 17.0 Å². The van der Waals surface area contributed by atoms with E-state index in [0.717, 1.165) is 18.6 Å². The van der Waals surface area contributed by atoms with Gasteiger partial charge < -0.3 is 10.6 Å². The first kappa shape index (κ1) is 13.0. The van der Waals surface area contributed by atoms with E-state index in [9.17, 15) is 13.6 Å². The quantitative estimate of drug-likeness (QED) is 0.874. The molecule has 1 amide bonds. The van der Waals surface area contributed by atoms with Crippen LogP contribution < -0.4 is 5.73 Å². The van der Waals surface area contributed by atoms with E-state index < -0.39 is 23.1 Å². The van der Waals surface area contributed by atoms with E-state index in [2.05, 4.69) is 0 Å². The number of nitrogens with two attached hydrogens (primary N) is 1. The molecule has 18 heavy (non-hydrogen) atoms. The summed E-state index contributed by atoms with van der Waals surface area (Å²) in [4.78, 5) is 13.6. The van der Waals surface area contributed by atoms with Crippen LogP contribution in [0.25, 0.3) is 0 Å². The van der Waals surface area contributed by atoms with Gasteiger partial charge in [0.15, 0.2) is 0 Å². The van der Waals surface area contributed by atoms with Crippen molar-refractivity contribution in [3.8, 4) is 0 Å². The van der Waals surface area contributed by atoms with E-state index >= 15 is 0 Å². The molecule has 5 heteroatoms. The summed E-state index contributed by atoms with van der Waals surface area (Å²) in [6.45, 7) is 3.35. The van der Waals surface area contributed by atoms with Gasteiger partial charge in [0.1, 0.15) is 17.2 Å². The highest BCUT2D eigenvalue weighted by atomic mass is 19.1. The molecular formula is C13H16F2N2O. The SMILES string of the molecule is CC1(CN)CCN(C(=O)c2c(F)cccc2F)C1. The van der Waals surface area contributed by atoms with Crippen molar-refractivity contribution >= 4 is 5.91 Å². The third-order valence-corrected chi connectivity index (χ3v) is 3.51. The highest BCUT2D eigenvalue weighted by Crippen LogP contribution is 2.30. The van der Waals surface area contributed by atoms with Gasteiger partial charge >= 0.3 is 0 Å². The maximum atomic E-state index is 13.5. The Bertz CT molecular complexity index is 458. The van der Waals surface area contributed by atoms with Gasteiger partial charge in [-0.1, -0.05) is 13.0 Å². The van der Waals surface area contributed by atoms with Crippen LogP contribution in [-0.4, -0.2) is 30.4 Å². The molecule has 1 aromatic carbocycles. The van der Waals surface area contributed by atoms with Gasteiger partial charge in [0.25, 0.3) is 5.91 Å². The van der Waals surface area contributed by atoms with E-state index in [0.29, 0.717) is 19.6 Å². The van der Waals surface area contributed by atoms with Gasteiger partial charge in [-0.15, -0.1) is 0 Å². The number of hydrogen-bond acceptors (Lipinski definition) is 2. The largest absolute Gasteiger partial charge is 0.338 e. The lowest BCUT2D eigenvalue weighted by atomic mass is 9.90. The van der Waals surface area contributed by atoms with E-state index in [-0.39, 0.29) is 5.41 Å². The predicted molar refractivity (Wildman–Crippen MR) is 64.0 cm³/mol. The molecule has 0 bridgehead atoms. The Morgan fingerprint density at radius 2 is 2.06 bits per heavy atom. The molecule has 1 fully saturated rings. The van der Waals surface area contributed by atoms with E-state index in [4.69, 9.17) is 5.73 Å². The van der Waals surface area contributed by atoms with Crippen LogP contribution in [0.1, 0.15) is 23.7 Å². The molecule has 1 heterocycles. The third-order valence-electron chi connectivity index (χ3n) is 3.51. The summed E-state index contributed by atoms with van der Waals surface area (Å²) in [7, 11) is 0. The molecule has 98 valence electrons. The average molecular weight is 254 g/mol. The fourth-order valence-corrected chi connectivity index (χ4v) is 2.22. The molecule has 1 aliphatic rings. The van der Waals surface area contributed by atoms with Gasteiger partial charge in [-0.2, -0.15) is 0 Å². The minimum atomic E-state index is -0.818. The molecule has 1 unspecified atom stereocenters. The Labute approximate surface area is 105 Å². The topological polar surface area (TPSA) is 46.3 Å². The van der Waals surface area contributed by atoms with Crippen LogP contribution in [0.5, 0.6) is 0 Å². The number of nitrogens with zero attached hydrogens (tertiary/aromatic N) is 1. The predicted octanol–water partition coefficient (Wildman–Crippen LogP) is 1.78. The maximum absolute atomic E-state index is 13.5. The lowest BCUT2D eigenvalue weighted by molar-refractivity contribution is 0.0767. The summed E-state index contributed by atoms with van der Waals surface area (Å²) in [6.07, 6.45) is 0.755. The van der Waals surface area contributed by atoms with Crippen molar-refractivity contribution in [1.82, 2.24) is 4.90 Å². The number of halogens is 2. The van der Waals surface area contributed by atoms with Crippen molar-refractivity contribution in [2.75, 3.05) is 19.6 Å². The molecule has 2 N–H and O–H groups in total. The van der Waals surface area contributed by atoms with Gasteiger partial charge in [-0.25, -0.2) is 8.78 Å². The molecule has 0 spiro atoms. The number of benzene rings is 1. The second kappa shape index (κ2) is 4.65. The Kier molecular flexibility index (Phi) is 3.34. The molecule has 0 saturated carbocycles. The monoisotopic (exact) mass is 254 g/mol. The van der Waals surface area contributed by atoms with Crippen LogP contribution in [0.15, 0.2) is 18.2 Å². The molecule has 2 rings (SSSR count). The van der Waals surface area contributed by atoms with Crippen LogP contribution >= 0.6 is 0 Å². The van der Waals surface area contributed by atoms with Crippen molar-refractivity contribution in [3.63, 3.8) is 0 Å². The minimum Gasteiger partial charge on any atom is -0.338 e. The average Bonchev–Trinajstić information content (AvgIpc) is 2.72. The van der Waals surface area contributed by atoms with Crippen LogP contribution in [-0.2, 0) is 0 Å². The molecule has 0 aromatic heterocycles. The fourth-order valence-electron chi connectivity index (χ4n) is 2.22. The van der Waals surface area contributed by atoms with Gasteiger partial charge in [0.05, 0.1) is 0 Å². The number of likely N-dealkylation sites (tertiary alicyclic amines) is 1.